The van der Waals surface area contributed by atoms with Crippen LogP contribution in [0.3, 0.4) is 0 Å². The molecule has 4 aliphatic carbocycles. The molecule has 1 saturated carbocycles. The van der Waals surface area contributed by atoms with E-state index in [0.717, 1.165) is 44.9 Å². The lowest BCUT2D eigenvalue weighted by molar-refractivity contribution is 0.124. The lowest BCUT2D eigenvalue weighted by Gasteiger charge is -2.44. The fourth-order valence-electron chi connectivity index (χ4n) is 7.05. The van der Waals surface area contributed by atoms with E-state index < -0.39 is 6.10 Å². The van der Waals surface area contributed by atoms with E-state index in [9.17, 15) is 10.2 Å². The Labute approximate surface area is 184 Å². The van der Waals surface area contributed by atoms with E-state index >= 15 is 0 Å². The third-order valence-electron chi connectivity index (χ3n) is 8.63. The number of benzene rings is 1. The van der Waals surface area contributed by atoms with Gasteiger partial charge in [-0.05, 0) is 84.9 Å². The molecule has 6 rings (SSSR count). The maximum absolute atomic E-state index is 11.4. The van der Waals surface area contributed by atoms with Crippen LogP contribution in [-0.2, 0) is 0 Å². The monoisotopic (exact) mass is 413 g/mol. The standard InChI is InChI=1S/C28H31NO2/c1-28-15-27(31)23-14-19-13-20(30)7-5-17(19)6-8-22(23)26(28)10-9-25(28)21-4-2-3-18-11-12-29-16-24(18)21/h2-4,9,11-12,14,16-17,20,26-27,30-31H,5-8,10,13,15H2,1H3. The number of nitrogens with zero attached hydrogens (tertiary/aromatic N) is 1. The first-order valence-electron chi connectivity index (χ1n) is 11.9. The molecule has 31 heavy (non-hydrogen) atoms. The van der Waals surface area contributed by atoms with E-state index in [1.165, 1.54) is 38.6 Å². The molecule has 5 unspecified atom stereocenters. The van der Waals surface area contributed by atoms with Gasteiger partial charge in [-0.1, -0.05) is 48.4 Å². The quantitative estimate of drug-likeness (QED) is 0.641. The van der Waals surface area contributed by atoms with E-state index in [1.54, 1.807) is 0 Å². The van der Waals surface area contributed by atoms with Crippen molar-refractivity contribution in [3.63, 3.8) is 0 Å². The Morgan fingerprint density at radius 1 is 1.10 bits per heavy atom. The zero-order valence-corrected chi connectivity index (χ0v) is 18.2. The van der Waals surface area contributed by atoms with Crippen LogP contribution in [0.2, 0.25) is 0 Å². The number of aliphatic hydroxyl groups excluding tert-OH is 2. The number of fused-ring (bicyclic) bond motifs is 4. The number of rotatable bonds is 1. The Balaban J connectivity index is 1.42. The molecule has 2 aromatic rings. The molecule has 0 bridgehead atoms. The predicted molar refractivity (Wildman–Crippen MR) is 124 cm³/mol. The van der Waals surface area contributed by atoms with Crippen LogP contribution in [0.5, 0.6) is 0 Å². The van der Waals surface area contributed by atoms with Crippen molar-refractivity contribution in [3.8, 4) is 0 Å². The van der Waals surface area contributed by atoms with Gasteiger partial charge < -0.3 is 10.2 Å². The molecular weight excluding hydrogens is 382 g/mol. The molecule has 0 aliphatic heterocycles. The van der Waals surface area contributed by atoms with Gasteiger partial charge in [-0.3, -0.25) is 4.98 Å². The molecule has 3 heteroatoms. The highest BCUT2D eigenvalue weighted by Crippen LogP contribution is 2.60. The molecule has 0 amide bonds. The number of aromatic nitrogens is 1. The summed E-state index contributed by atoms with van der Waals surface area (Å²) in [4.78, 5) is 4.40. The highest BCUT2D eigenvalue weighted by molar-refractivity contribution is 5.95. The molecule has 1 heterocycles. The van der Waals surface area contributed by atoms with Crippen molar-refractivity contribution in [2.45, 2.75) is 64.1 Å². The topological polar surface area (TPSA) is 53.4 Å². The minimum absolute atomic E-state index is 0.0596. The van der Waals surface area contributed by atoms with Crippen molar-refractivity contribution in [2.24, 2.45) is 17.3 Å². The summed E-state index contributed by atoms with van der Waals surface area (Å²) in [6.07, 6.45) is 14.7. The Hall–Kier alpha value is -2.23. The van der Waals surface area contributed by atoms with Crippen LogP contribution in [0.25, 0.3) is 16.3 Å². The Morgan fingerprint density at radius 3 is 2.90 bits per heavy atom. The van der Waals surface area contributed by atoms with E-state index in [-0.39, 0.29) is 11.5 Å². The molecule has 0 radical (unpaired) electrons. The summed E-state index contributed by atoms with van der Waals surface area (Å²) < 4.78 is 0. The van der Waals surface area contributed by atoms with Gasteiger partial charge in [-0.15, -0.1) is 0 Å². The highest BCUT2D eigenvalue weighted by atomic mass is 16.3. The minimum Gasteiger partial charge on any atom is -0.393 e. The molecule has 160 valence electrons. The van der Waals surface area contributed by atoms with Gasteiger partial charge in [0.15, 0.2) is 0 Å². The van der Waals surface area contributed by atoms with Crippen LogP contribution in [0.4, 0.5) is 0 Å². The van der Waals surface area contributed by atoms with Crippen molar-refractivity contribution in [1.29, 1.82) is 0 Å². The predicted octanol–water partition coefficient (Wildman–Crippen LogP) is 5.59. The van der Waals surface area contributed by atoms with Crippen molar-refractivity contribution < 1.29 is 10.2 Å². The smallest absolute Gasteiger partial charge is 0.0798 e. The van der Waals surface area contributed by atoms with E-state index in [0.29, 0.717) is 11.8 Å². The molecule has 1 aromatic heterocycles. The number of pyridine rings is 1. The molecule has 0 saturated heterocycles. The molecule has 4 aliphatic rings. The molecule has 1 aromatic carbocycles. The maximum Gasteiger partial charge on any atom is 0.0798 e. The normalized spacial score (nSPS) is 35.1. The Kier molecular flexibility index (Phi) is 4.49. The lowest BCUT2D eigenvalue weighted by atomic mass is 9.61. The van der Waals surface area contributed by atoms with Gasteiger partial charge in [-0.2, -0.15) is 0 Å². The Morgan fingerprint density at radius 2 is 2.00 bits per heavy atom. The van der Waals surface area contributed by atoms with Gasteiger partial charge in [-0.25, -0.2) is 0 Å². The minimum atomic E-state index is -0.434. The fraction of sp³-hybridized carbons (Fsp3) is 0.464. The maximum atomic E-state index is 11.4. The third kappa shape index (κ3) is 2.97. The van der Waals surface area contributed by atoms with Gasteiger partial charge >= 0.3 is 0 Å². The van der Waals surface area contributed by atoms with Crippen molar-refractivity contribution >= 4 is 16.3 Å². The summed E-state index contributed by atoms with van der Waals surface area (Å²) in [6.45, 7) is 2.37. The average molecular weight is 414 g/mol. The number of aliphatic hydroxyl groups is 2. The van der Waals surface area contributed by atoms with E-state index in [2.05, 4.69) is 48.3 Å². The van der Waals surface area contributed by atoms with Crippen molar-refractivity contribution in [1.82, 2.24) is 4.98 Å². The SMILES string of the molecule is CC12CC(O)C3=C(CCC4CCC(O)CC4=C3)C1CC=C2c1cccc2ccncc12. The first kappa shape index (κ1) is 19.5. The number of allylic oxidation sites excluding steroid dienone is 3. The van der Waals surface area contributed by atoms with Gasteiger partial charge in [0.05, 0.1) is 12.2 Å². The molecule has 0 spiro atoms. The molecule has 1 fully saturated rings. The van der Waals surface area contributed by atoms with Crippen LogP contribution >= 0.6 is 0 Å². The van der Waals surface area contributed by atoms with Gasteiger partial charge in [0.1, 0.15) is 0 Å². The highest BCUT2D eigenvalue weighted by Gasteiger charge is 2.49. The molecule has 2 N–H and O–H groups in total. The van der Waals surface area contributed by atoms with E-state index in [4.69, 9.17) is 0 Å². The summed E-state index contributed by atoms with van der Waals surface area (Å²) in [5, 5.41) is 24.0. The zero-order valence-electron chi connectivity index (χ0n) is 18.2. The Bertz CT molecular complexity index is 1140. The van der Waals surface area contributed by atoms with Crippen LogP contribution in [0.15, 0.2) is 65.5 Å². The second-order valence-electron chi connectivity index (χ2n) is 10.3. The van der Waals surface area contributed by atoms with Crippen LogP contribution < -0.4 is 0 Å². The van der Waals surface area contributed by atoms with Crippen LogP contribution in [0, 0.1) is 17.3 Å². The third-order valence-corrected chi connectivity index (χ3v) is 8.63. The number of hydrogen-bond donors (Lipinski definition) is 2. The van der Waals surface area contributed by atoms with Gasteiger partial charge in [0, 0.05) is 23.2 Å². The first-order chi connectivity index (χ1) is 15.0. The van der Waals surface area contributed by atoms with Crippen LogP contribution in [-0.4, -0.2) is 27.4 Å². The second-order valence-corrected chi connectivity index (χ2v) is 10.3. The van der Waals surface area contributed by atoms with Crippen molar-refractivity contribution in [2.75, 3.05) is 0 Å². The van der Waals surface area contributed by atoms with E-state index in [1.807, 2.05) is 12.4 Å². The largest absolute Gasteiger partial charge is 0.393 e. The summed E-state index contributed by atoms with van der Waals surface area (Å²) in [5.41, 5.74) is 6.61. The number of hydrogen-bond acceptors (Lipinski definition) is 3. The first-order valence-corrected chi connectivity index (χ1v) is 11.9. The summed E-state index contributed by atoms with van der Waals surface area (Å²) >= 11 is 0. The van der Waals surface area contributed by atoms with Crippen LogP contribution in [0.1, 0.15) is 57.4 Å². The van der Waals surface area contributed by atoms with Crippen molar-refractivity contribution in [3.05, 3.63) is 71.1 Å². The summed E-state index contributed by atoms with van der Waals surface area (Å²) in [6, 6.07) is 8.61. The molecular formula is C28H31NO2. The fourth-order valence-corrected chi connectivity index (χ4v) is 7.05. The van der Waals surface area contributed by atoms with Gasteiger partial charge in [0.25, 0.3) is 0 Å². The average Bonchev–Trinajstić information content (AvgIpc) is 2.98. The zero-order chi connectivity index (χ0) is 21.2. The summed E-state index contributed by atoms with van der Waals surface area (Å²) in [5.74, 6) is 1.03. The molecule has 3 nitrogen and oxygen atoms in total. The van der Waals surface area contributed by atoms with Gasteiger partial charge in [0.2, 0.25) is 0 Å². The lowest BCUT2D eigenvalue weighted by Crippen LogP contribution is -2.37. The second kappa shape index (κ2) is 7.15. The molecule has 5 atom stereocenters. The summed E-state index contributed by atoms with van der Waals surface area (Å²) in [7, 11) is 0.